The van der Waals surface area contributed by atoms with E-state index in [0.29, 0.717) is 5.91 Å². The van der Waals surface area contributed by atoms with Crippen molar-refractivity contribution < 1.29 is 4.79 Å². The summed E-state index contributed by atoms with van der Waals surface area (Å²) in [7, 11) is 0. The van der Waals surface area contributed by atoms with Crippen molar-refractivity contribution in [3.63, 3.8) is 0 Å². The van der Waals surface area contributed by atoms with E-state index in [-0.39, 0.29) is 0 Å². The highest BCUT2D eigenvalue weighted by Crippen LogP contribution is 2.34. The van der Waals surface area contributed by atoms with Crippen LogP contribution in [0.5, 0.6) is 0 Å². The van der Waals surface area contributed by atoms with Crippen LogP contribution in [0.25, 0.3) is 0 Å². The third-order valence-electron chi connectivity index (χ3n) is 5.94. The minimum Gasteiger partial charge on any atom is -0.339 e. The molecule has 0 saturated carbocycles. The van der Waals surface area contributed by atoms with Crippen molar-refractivity contribution in [3.05, 3.63) is 21.4 Å². The third-order valence-corrected chi connectivity index (χ3v) is 6.99. The number of likely N-dealkylation sites (tertiary alicyclic amines) is 1. The average molecular weight is 318 g/mol. The van der Waals surface area contributed by atoms with E-state index in [9.17, 15) is 4.79 Å². The van der Waals surface area contributed by atoms with Crippen LogP contribution >= 0.6 is 11.3 Å². The highest BCUT2D eigenvalue weighted by atomic mass is 32.1. The molecule has 0 bridgehead atoms. The predicted molar refractivity (Wildman–Crippen MR) is 90.5 cm³/mol. The second-order valence-electron chi connectivity index (χ2n) is 7.45. The molecule has 1 aromatic heterocycles. The summed E-state index contributed by atoms with van der Waals surface area (Å²) in [5.41, 5.74) is 2.40. The number of hydrogen-bond donors (Lipinski definition) is 1. The fourth-order valence-electron chi connectivity index (χ4n) is 4.45. The van der Waals surface area contributed by atoms with Gasteiger partial charge in [0, 0.05) is 23.3 Å². The van der Waals surface area contributed by atoms with Crippen molar-refractivity contribution in [1.82, 2.24) is 10.2 Å². The standard InChI is InChI=1S/C18H26N2OS/c1-12-2-3-15-16(11-22-17(15)8-12)18(21)20-6-4-13-9-19-10-14(13)5-7-20/h11-14,19H,2-10H2,1H3/t12?,13-,14+. The van der Waals surface area contributed by atoms with Gasteiger partial charge in [-0.1, -0.05) is 6.92 Å². The van der Waals surface area contributed by atoms with Gasteiger partial charge >= 0.3 is 0 Å². The molecule has 2 saturated heterocycles. The zero-order chi connectivity index (χ0) is 15.1. The summed E-state index contributed by atoms with van der Waals surface area (Å²) in [5, 5.41) is 5.64. The van der Waals surface area contributed by atoms with Crippen LogP contribution in [0.1, 0.15) is 47.0 Å². The van der Waals surface area contributed by atoms with Crippen LogP contribution in [-0.2, 0) is 12.8 Å². The minimum absolute atomic E-state index is 0.306. The van der Waals surface area contributed by atoms with Gasteiger partial charge in [-0.05, 0) is 68.5 Å². The predicted octanol–water partition coefficient (Wildman–Crippen LogP) is 2.94. The van der Waals surface area contributed by atoms with E-state index >= 15 is 0 Å². The molecule has 2 fully saturated rings. The molecule has 1 N–H and O–H groups in total. The summed E-state index contributed by atoms with van der Waals surface area (Å²) in [6.45, 7) is 6.52. The van der Waals surface area contributed by atoms with Gasteiger partial charge in [0.15, 0.2) is 0 Å². The number of thiophene rings is 1. The van der Waals surface area contributed by atoms with E-state index in [0.717, 1.165) is 55.9 Å². The average Bonchev–Trinajstić information content (AvgIpc) is 3.08. The normalized spacial score (nSPS) is 31.5. The maximum Gasteiger partial charge on any atom is 0.254 e. The first-order chi connectivity index (χ1) is 10.7. The lowest BCUT2D eigenvalue weighted by molar-refractivity contribution is 0.0757. The largest absolute Gasteiger partial charge is 0.339 e. The zero-order valence-electron chi connectivity index (χ0n) is 13.4. The number of carbonyl (C=O) groups is 1. The molecule has 0 aromatic carbocycles. The molecule has 4 rings (SSSR count). The Morgan fingerprint density at radius 1 is 1.23 bits per heavy atom. The number of hydrogen-bond acceptors (Lipinski definition) is 3. The topological polar surface area (TPSA) is 32.3 Å². The Morgan fingerprint density at radius 2 is 1.95 bits per heavy atom. The Morgan fingerprint density at radius 3 is 2.68 bits per heavy atom. The first-order valence-electron chi connectivity index (χ1n) is 8.81. The van der Waals surface area contributed by atoms with Crippen molar-refractivity contribution in [2.24, 2.45) is 17.8 Å². The van der Waals surface area contributed by atoms with Crippen LogP contribution in [0, 0.1) is 17.8 Å². The van der Waals surface area contributed by atoms with E-state index < -0.39 is 0 Å². The molecular weight excluding hydrogens is 292 g/mol. The van der Waals surface area contributed by atoms with Crippen LogP contribution in [0.4, 0.5) is 0 Å². The number of nitrogens with one attached hydrogen (secondary N) is 1. The third kappa shape index (κ3) is 2.61. The van der Waals surface area contributed by atoms with E-state index in [1.165, 1.54) is 36.1 Å². The summed E-state index contributed by atoms with van der Waals surface area (Å²) in [6, 6.07) is 0. The van der Waals surface area contributed by atoms with Gasteiger partial charge in [0.05, 0.1) is 5.56 Å². The molecule has 3 atom stereocenters. The Balaban J connectivity index is 1.50. The molecule has 1 aliphatic carbocycles. The number of amides is 1. The lowest BCUT2D eigenvalue weighted by atomic mass is 9.88. The molecule has 22 heavy (non-hydrogen) atoms. The number of nitrogens with zero attached hydrogens (tertiary/aromatic N) is 1. The SMILES string of the molecule is CC1CCc2c(C(=O)N3CC[C@@H]4CNC[C@@H]4CC3)csc2C1. The van der Waals surface area contributed by atoms with Crippen molar-refractivity contribution in [2.75, 3.05) is 26.2 Å². The van der Waals surface area contributed by atoms with Crippen molar-refractivity contribution >= 4 is 17.2 Å². The molecule has 0 radical (unpaired) electrons. The maximum absolute atomic E-state index is 13.0. The lowest BCUT2D eigenvalue weighted by Gasteiger charge is -2.23. The minimum atomic E-state index is 0.306. The number of carbonyl (C=O) groups excluding carboxylic acids is 1. The van der Waals surface area contributed by atoms with Gasteiger partial charge in [-0.3, -0.25) is 4.79 Å². The first-order valence-corrected chi connectivity index (χ1v) is 9.69. The molecular formula is C18H26N2OS. The van der Waals surface area contributed by atoms with Gasteiger partial charge in [0.2, 0.25) is 0 Å². The van der Waals surface area contributed by atoms with Gasteiger partial charge in [-0.2, -0.15) is 0 Å². The number of rotatable bonds is 1. The van der Waals surface area contributed by atoms with Crippen LogP contribution in [0.2, 0.25) is 0 Å². The molecule has 3 aliphatic rings. The highest BCUT2D eigenvalue weighted by Gasteiger charge is 2.33. The Kier molecular flexibility index (Phi) is 3.99. The van der Waals surface area contributed by atoms with Crippen LogP contribution < -0.4 is 5.32 Å². The zero-order valence-corrected chi connectivity index (χ0v) is 14.3. The molecule has 1 unspecified atom stereocenters. The van der Waals surface area contributed by atoms with E-state index in [1.54, 1.807) is 0 Å². The van der Waals surface area contributed by atoms with Crippen molar-refractivity contribution in [2.45, 2.75) is 39.0 Å². The van der Waals surface area contributed by atoms with Gasteiger partial charge in [0.1, 0.15) is 0 Å². The van der Waals surface area contributed by atoms with Gasteiger partial charge in [-0.25, -0.2) is 0 Å². The van der Waals surface area contributed by atoms with Crippen LogP contribution in [-0.4, -0.2) is 37.0 Å². The van der Waals surface area contributed by atoms with Crippen molar-refractivity contribution in [3.8, 4) is 0 Å². The fourth-order valence-corrected chi connectivity index (χ4v) is 5.69. The number of fused-ring (bicyclic) bond motifs is 2. The monoisotopic (exact) mass is 318 g/mol. The second-order valence-corrected chi connectivity index (χ2v) is 8.41. The molecule has 2 aliphatic heterocycles. The van der Waals surface area contributed by atoms with E-state index in [1.807, 2.05) is 11.3 Å². The van der Waals surface area contributed by atoms with E-state index in [4.69, 9.17) is 0 Å². The summed E-state index contributed by atoms with van der Waals surface area (Å²) in [4.78, 5) is 16.6. The van der Waals surface area contributed by atoms with Gasteiger partial charge < -0.3 is 10.2 Å². The quantitative estimate of drug-likeness (QED) is 0.863. The fraction of sp³-hybridized carbons (Fsp3) is 0.722. The second kappa shape index (κ2) is 5.97. The molecule has 120 valence electrons. The summed E-state index contributed by atoms with van der Waals surface area (Å²) in [6.07, 6.45) is 5.85. The molecule has 0 spiro atoms. The first kappa shape index (κ1) is 14.7. The summed E-state index contributed by atoms with van der Waals surface area (Å²) in [5.74, 6) is 2.66. The Labute approximate surface area is 137 Å². The van der Waals surface area contributed by atoms with Gasteiger partial charge in [0.25, 0.3) is 5.91 Å². The van der Waals surface area contributed by atoms with E-state index in [2.05, 4.69) is 22.5 Å². The summed E-state index contributed by atoms with van der Waals surface area (Å²) >= 11 is 1.81. The Hall–Kier alpha value is -0.870. The molecule has 1 amide bonds. The smallest absolute Gasteiger partial charge is 0.254 e. The van der Waals surface area contributed by atoms with Crippen LogP contribution in [0.3, 0.4) is 0 Å². The molecule has 4 heteroatoms. The molecule has 1 aromatic rings. The maximum atomic E-state index is 13.0. The van der Waals surface area contributed by atoms with Crippen LogP contribution in [0.15, 0.2) is 5.38 Å². The highest BCUT2D eigenvalue weighted by molar-refractivity contribution is 7.10. The van der Waals surface area contributed by atoms with Crippen molar-refractivity contribution in [1.29, 1.82) is 0 Å². The van der Waals surface area contributed by atoms with Gasteiger partial charge in [-0.15, -0.1) is 11.3 Å². The summed E-state index contributed by atoms with van der Waals surface area (Å²) < 4.78 is 0. The molecule has 3 nitrogen and oxygen atoms in total. The molecule has 3 heterocycles. The lowest BCUT2D eigenvalue weighted by Crippen LogP contribution is -2.33. The Bertz CT molecular complexity index is 553.